The van der Waals surface area contributed by atoms with Crippen molar-refractivity contribution in [3.05, 3.63) is 29.6 Å². The number of carbonyl (C=O) groups excluding carboxylic acids is 1. The Morgan fingerprint density at radius 1 is 1.00 bits per heavy atom. The van der Waals surface area contributed by atoms with Gasteiger partial charge in [0.1, 0.15) is 0 Å². The highest BCUT2D eigenvalue weighted by atomic mass is 19.2. The van der Waals surface area contributed by atoms with Crippen LogP contribution in [0.15, 0.2) is 12.1 Å². The SMILES string of the molecule is O=C(NCCN1CCOCC1)N1CCN(c2ccc(F)c(F)c2F)CC1. The lowest BCUT2D eigenvalue weighted by Gasteiger charge is -2.36. The summed E-state index contributed by atoms with van der Waals surface area (Å²) in [5, 5.41) is 2.88. The van der Waals surface area contributed by atoms with E-state index in [1.54, 1.807) is 9.80 Å². The van der Waals surface area contributed by atoms with E-state index >= 15 is 0 Å². The van der Waals surface area contributed by atoms with E-state index in [1.165, 1.54) is 6.07 Å². The number of hydrogen-bond acceptors (Lipinski definition) is 4. The number of carbonyl (C=O) groups is 1. The Balaban J connectivity index is 1.44. The molecule has 1 aromatic carbocycles. The summed E-state index contributed by atoms with van der Waals surface area (Å²) in [7, 11) is 0. The van der Waals surface area contributed by atoms with Crippen LogP contribution in [-0.2, 0) is 4.74 Å². The zero-order chi connectivity index (χ0) is 18.5. The van der Waals surface area contributed by atoms with Crippen LogP contribution in [0.4, 0.5) is 23.7 Å². The Morgan fingerprint density at radius 3 is 2.38 bits per heavy atom. The maximum Gasteiger partial charge on any atom is 0.317 e. The number of urea groups is 1. The van der Waals surface area contributed by atoms with Crippen molar-refractivity contribution in [1.82, 2.24) is 15.1 Å². The number of ether oxygens (including phenoxy) is 1. The molecule has 9 heteroatoms. The van der Waals surface area contributed by atoms with Crippen LogP contribution in [0.1, 0.15) is 0 Å². The third-order valence-electron chi connectivity index (χ3n) is 4.73. The second kappa shape index (κ2) is 8.59. The smallest absolute Gasteiger partial charge is 0.317 e. The summed E-state index contributed by atoms with van der Waals surface area (Å²) in [6, 6.07) is 1.98. The molecule has 144 valence electrons. The number of piperazine rings is 1. The van der Waals surface area contributed by atoms with Gasteiger partial charge in [-0.3, -0.25) is 4.90 Å². The molecule has 2 saturated heterocycles. The lowest BCUT2D eigenvalue weighted by atomic mass is 10.2. The fourth-order valence-corrected chi connectivity index (χ4v) is 3.17. The molecule has 2 aliphatic rings. The molecule has 0 aliphatic carbocycles. The number of morpholine rings is 1. The van der Waals surface area contributed by atoms with Crippen LogP contribution >= 0.6 is 0 Å². The van der Waals surface area contributed by atoms with Crippen LogP contribution in [0.2, 0.25) is 0 Å². The summed E-state index contributed by atoms with van der Waals surface area (Å²) in [6.07, 6.45) is 0. The Kier molecular flexibility index (Phi) is 6.20. The molecule has 0 aromatic heterocycles. The molecule has 3 rings (SSSR count). The predicted octanol–water partition coefficient (Wildman–Crippen LogP) is 1.27. The topological polar surface area (TPSA) is 48.1 Å². The van der Waals surface area contributed by atoms with Gasteiger partial charge < -0.3 is 19.9 Å². The first-order valence-corrected chi connectivity index (χ1v) is 8.77. The summed E-state index contributed by atoms with van der Waals surface area (Å²) < 4.78 is 45.6. The molecule has 1 aromatic rings. The zero-order valence-corrected chi connectivity index (χ0v) is 14.5. The number of benzene rings is 1. The molecule has 6 nitrogen and oxygen atoms in total. The van der Waals surface area contributed by atoms with Gasteiger partial charge in [0.15, 0.2) is 17.5 Å². The Hall–Kier alpha value is -2.00. The van der Waals surface area contributed by atoms with Crippen molar-refractivity contribution in [2.45, 2.75) is 0 Å². The van der Waals surface area contributed by atoms with Crippen LogP contribution in [-0.4, -0.2) is 81.4 Å². The lowest BCUT2D eigenvalue weighted by Crippen LogP contribution is -2.53. The Labute approximate surface area is 150 Å². The molecular weight excluding hydrogens is 349 g/mol. The Bertz CT molecular complexity index is 633. The summed E-state index contributed by atoms with van der Waals surface area (Å²) in [4.78, 5) is 17.7. The van der Waals surface area contributed by atoms with Crippen LogP contribution in [0.3, 0.4) is 0 Å². The molecule has 0 saturated carbocycles. The molecule has 0 atom stereocenters. The van der Waals surface area contributed by atoms with E-state index < -0.39 is 17.5 Å². The van der Waals surface area contributed by atoms with E-state index in [4.69, 9.17) is 4.74 Å². The molecule has 26 heavy (non-hydrogen) atoms. The second-order valence-electron chi connectivity index (χ2n) is 6.35. The number of amides is 2. The van der Waals surface area contributed by atoms with Gasteiger partial charge >= 0.3 is 6.03 Å². The maximum atomic E-state index is 13.9. The molecule has 2 amide bonds. The van der Waals surface area contributed by atoms with Crippen molar-refractivity contribution < 1.29 is 22.7 Å². The standard InChI is InChI=1S/C17H23F3N4O2/c18-13-1-2-14(16(20)15(13)19)23-5-7-24(8-6-23)17(25)21-3-4-22-9-11-26-12-10-22/h1-2H,3-12H2,(H,21,25). The highest BCUT2D eigenvalue weighted by molar-refractivity contribution is 5.74. The summed E-state index contributed by atoms with van der Waals surface area (Å²) >= 11 is 0. The number of rotatable bonds is 4. The minimum absolute atomic E-state index is 0.0243. The minimum Gasteiger partial charge on any atom is -0.379 e. The van der Waals surface area contributed by atoms with Gasteiger partial charge in [-0.25, -0.2) is 18.0 Å². The average molecular weight is 372 g/mol. The largest absolute Gasteiger partial charge is 0.379 e. The first-order chi connectivity index (χ1) is 12.6. The van der Waals surface area contributed by atoms with E-state index in [2.05, 4.69) is 10.2 Å². The average Bonchev–Trinajstić information content (AvgIpc) is 2.67. The van der Waals surface area contributed by atoms with Gasteiger partial charge in [0.2, 0.25) is 0 Å². The summed E-state index contributed by atoms with van der Waals surface area (Å²) in [5.41, 5.74) is 0.0243. The zero-order valence-electron chi connectivity index (χ0n) is 14.5. The van der Waals surface area contributed by atoms with Crippen LogP contribution < -0.4 is 10.2 Å². The highest BCUT2D eigenvalue weighted by Crippen LogP contribution is 2.24. The summed E-state index contributed by atoms with van der Waals surface area (Å²) in [5.74, 6) is -3.86. The molecule has 1 N–H and O–H groups in total. The van der Waals surface area contributed by atoms with Crippen LogP contribution in [0.5, 0.6) is 0 Å². The van der Waals surface area contributed by atoms with Crippen molar-refractivity contribution in [2.75, 3.05) is 70.5 Å². The van der Waals surface area contributed by atoms with Crippen molar-refractivity contribution in [1.29, 1.82) is 0 Å². The van der Waals surface area contributed by atoms with E-state index in [1.807, 2.05) is 0 Å². The third kappa shape index (κ3) is 4.39. The highest BCUT2D eigenvalue weighted by Gasteiger charge is 2.24. The lowest BCUT2D eigenvalue weighted by molar-refractivity contribution is 0.0386. The maximum absolute atomic E-state index is 13.9. The normalized spacial score (nSPS) is 18.9. The van der Waals surface area contributed by atoms with Gasteiger partial charge in [-0.2, -0.15) is 0 Å². The van der Waals surface area contributed by atoms with Gasteiger partial charge in [-0.05, 0) is 12.1 Å². The van der Waals surface area contributed by atoms with E-state index in [0.717, 1.165) is 38.9 Å². The molecular formula is C17H23F3N4O2. The number of hydrogen-bond donors (Lipinski definition) is 1. The van der Waals surface area contributed by atoms with Gasteiger partial charge in [0.05, 0.1) is 18.9 Å². The van der Waals surface area contributed by atoms with Gasteiger partial charge in [-0.1, -0.05) is 0 Å². The quantitative estimate of drug-likeness (QED) is 0.809. The molecule has 0 spiro atoms. The van der Waals surface area contributed by atoms with Crippen molar-refractivity contribution in [2.24, 2.45) is 0 Å². The summed E-state index contributed by atoms with van der Waals surface area (Å²) in [6.45, 7) is 6.00. The Morgan fingerprint density at radius 2 is 1.69 bits per heavy atom. The van der Waals surface area contributed by atoms with E-state index in [9.17, 15) is 18.0 Å². The minimum atomic E-state index is -1.47. The van der Waals surface area contributed by atoms with Gasteiger partial charge in [-0.15, -0.1) is 0 Å². The van der Waals surface area contributed by atoms with E-state index in [-0.39, 0.29) is 11.7 Å². The number of nitrogens with one attached hydrogen (secondary N) is 1. The first-order valence-electron chi connectivity index (χ1n) is 8.77. The van der Waals surface area contributed by atoms with Crippen molar-refractivity contribution in [3.8, 4) is 0 Å². The van der Waals surface area contributed by atoms with Gasteiger partial charge in [0.25, 0.3) is 0 Å². The second-order valence-corrected chi connectivity index (χ2v) is 6.35. The fourth-order valence-electron chi connectivity index (χ4n) is 3.17. The van der Waals surface area contributed by atoms with Crippen LogP contribution in [0.25, 0.3) is 0 Å². The van der Waals surface area contributed by atoms with Crippen molar-refractivity contribution >= 4 is 11.7 Å². The molecule has 0 unspecified atom stereocenters. The van der Waals surface area contributed by atoms with E-state index in [0.29, 0.717) is 32.7 Å². The third-order valence-corrected chi connectivity index (χ3v) is 4.73. The number of anilines is 1. The van der Waals surface area contributed by atoms with Gasteiger partial charge in [0, 0.05) is 52.4 Å². The molecule has 2 fully saturated rings. The molecule has 0 radical (unpaired) electrons. The number of nitrogens with zero attached hydrogens (tertiary/aromatic N) is 3. The fraction of sp³-hybridized carbons (Fsp3) is 0.588. The monoisotopic (exact) mass is 372 g/mol. The first kappa shape index (κ1) is 18.8. The number of halogens is 3. The molecule has 2 aliphatic heterocycles. The van der Waals surface area contributed by atoms with Crippen molar-refractivity contribution in [3.63, 3.8) is 0 Å². The molecule has 0 bridgehead atoms. The van der Waals surface area contributed by atoms with Crippen LogP contribution in [0, 0.1) is 17.5 Å². The molecule has 2 heterocycles. The predicted molar refractivity (Wildman–Crippen MR) is 90.8 cm³/mol.